The Morgan fingerprint density at radius 2 is 1.77 bits per heavy atom. The number of hydrogen-bond acceptors (Lipinski definition) is 7. The van der Waals surface area contributed by atoms with Crippen LogP contribution >= 0.6 is 11.6 Å². The lowest BCUT2D eigenvalue weighted by molar-refractivity contribution is -0.132. The third kappa shape index (κ3) is 5.63. The monoisotopic (exact) mass is 492 g/mol. The fourth-order valence-corrected chi connectivity index (χ4v) is 3.45. The minimum Gasteiger partial charge on any atom is -0.508 e. The van der Waals surface area contributed by atoms with Crippen LogP contribution in [0.1, 0.15) is 31.8 Å². The SMILES string of the molecule is O=C(O)C(=Cc1ccc2nonc2c1)NC(=O)c1ccc(C(=O)NCc2cccc(O)c2)cc1Cl. The Kier molecular flexibility index (Phi) is 6.74. The number of nitrogens with zero attached hydrogens (tertiary/aromatic N) is 2. The molecule has 4 rings (SSSR count). The third-order valence-corrected chi connectivity index (χ3v) is 5.22. The van der Waals surface area contributed by atoms with Gasteiger partial charge in [-0.1, -0.05) is 29.8 Å². The van der Waals surface area contributed by atoms with E-state index < -0.39 is 23.5 Å². The van der Waals surface area contributed by atoms with Crippen LogP contribution in [0.3, 0.4) is 0 Å². The number of carboxylic acid groups (broad SMARTS) is 1. The van der Waals surface area contributed by atoms with Crippen molar-refractivity contribution in [3.8, 4) is 5.75 Å². The first-order valence-electron chi connectivity index (χ1n) is 10.1. The van der Waals surface area contributed by atoms with Gasteiger partial charge in [0.05, 0.1) is 10.6 Å². The molecule has 11 heteroatoms. The fraction of sp³-hybridized carbons (Fsp3) is 0.0417. The molecule has 0 saturated carbocycles. The fourth-order valence-electron chi connectivity index (χ4n) is 3.19. The number of nitrogens with one attached hydrogen (secondary N) is 2. The van der Waals surface area contributed by atoms with Crippen molar-refractivity contribution < 1.29 is 29.2 Å². The largest absolute Gasteiger partial charge is 0.508 e. The molecule has 0 aliphatic heterocycles. The quantitative estimate of drug-likeness (QED) is 0.286. The molecule has 0 saturated heterocycles. The summed E-state index contributed by atoms with van der Waals surface area (Å²) in [6.07, 6.45) is 1.26. The molecule has 0 spiro atoms. The number of phenols is 1. The van der Waals surface area contributed by atoms with E-state index in [1.54, 1.807) is 30.3 Å². The van der Waals surface area contributed by atoms with Gasteiger partial charge in [0.15, 0.2) is 0 Å². The maximum absolute atomic E-state index is 12.7. The number of fused-ring (bicyclic) bond motifs is 1. The summed E-state index contributed by atoms with van der Waals surface area (Å²) in [6.45, 7) is 0.177. The maximum atomic E-state index is 12.7. The Bertz CT molecular complexity index is 1480. The zero-order valence-corrected chi connectivity index (χ0v) is 18.6. The van der Waals surface area contributed by atoms with Gasteiger partial charge in [0.25, 0.3) is 11.8 Å². The lowest BCUT2D eigenvalue weighted by Gasteiger charge is -2.10. The highest BCUT2D eigenvalue weighted by Gasteiger charge is 2.18. The lowest BCUT2D eigenvalue weighted by Crippen LogP contribution is -2.28. The van der Waals surface area contributed by atoms with Gasteiger partial charge in [-0.05, 0) is 70.0 Å². The minimum atomic E-state index is -1.37. The van der Waals surface area contributed by atoms with Gasteiger partial charge in [-0.15, -0.1) is 0 Å². The summed E-state index contributed by atoms with van der Waals surface area (Å²) in [5.74, 6) is -2.48. The van der Waals surface area contributed by atoms with E-state index in [0.717, 1.165) is 0 Å². The molecule has 1 heterocycles. The molecule has 0 radical (unpaired) electrons. The summed E-state index contributed by atoms with van der Waals surface area (Å²) in [4.78, 5) is 36.8. The van der Waals surface area contributed by atoms with E-state index in [1.165, 1.54) is 36.4 Å². The van der Waals surface area contributed by atoms with Crippen LogP contribution in [0.15, 0.2) is 71.0 Å². The molecule has 0 fully saturated rings. The van der Waals surface area contributed by atoms with Crippen molar-refractivity contribution >= 4 is 46.5 Å². The molecule has 0 aliphatic carbocycles. The Balaban J connectivity index is 1.47. The molecule has 4 aromatic rings. The number of phenolic OH excluding ortho intramolecular Hbond substituents is 1. The van der Waals surface area contributed by atoms with Crippen molar-refractivity contribution in [2.24, 2.45) is 0 Å². The van der Waals surface area contributed by atoms with Crippen LogP contribution in [0.2, 0.25) is 5.02 Å². The Morgan fingerprint density at radius 1 is 0.971 bits per heavy atom. The Labute approximate surface area is 202 Å². The van der Waals surface area contributed by atoms with Gasteiger partial charge in [-0.2, -0.15) is 0 Å². The van der Waals surface area contributed by atoms with Crippen molar-refractivity contribution in [1.82, 2.24) is 20.9 Å². The molecule has 3 aromatic carbocycles. The van der Waals surface area contributed by atoms with Gasteiger partial charge in [-0.25, -0.2) is 9.42 Å². The molecule has 4 N–H and O–H groups in total. The van der Waals surface area contributed by atoms with Gasteiger partial charge < -0.3 is 20.8 Å². The normalized spacial score (nSPS) is 11.3. The van der Waals surface area contributed by atoms with Crippen LogP contribution in [0.5, 0.6) is 5.75 Å². The first kappa shape index (κ1) is 23.5. The summed E-state index contributed by atoms with van der Waals surface area (Å²) < 4.78 is 4.62. The molecular weight excluding hydrogens is 476 g/mol. The average molecular weight is 493 g/mol. The van der Waals surface area contributed by atoms with E-state index in [0.29, 0.717) is 22.2 Å². The molecule has 0 bridgehead atoms. The highest BCUT2D eigenvalue weighted by molar-refractivity contribution is 6.34. The Hall–Kier alpha value is -4.70. The maximum Gasteiger partial charge on any atom is 0.352 e. The molecule has 10 nitrogen and oxygen atoms in total. The molecular formula is C24H17ClN4O6. The number of carboxylic acids is 1. The summed E-state index contributed by atoms with van der Waals surface area (Å²) in [6, 6.07) is 15.2. The molecule has 0 atom stereocenters. The van der Waals surface area contributed by atoms with Crippen LogP contribution in [0.25, 0.3) is 17.1 Å². The second-order valence-electron chi connectivity index (χ2n) is 7.38. The second kappa shape index (κ2) is 10.1. The number of hydrogen-bond donors (Lipinski definition) is 4. The van der Waals surface area contributed by atoms with E-state index in [-0.39, 0.29) is 28.4 Å². The molecule has 176 valence electrons. The number of amides is 2. The van der Waals surface area contributed by atoms with Crippen LogP contribution in [-0.2, 0) is 11.3 Å². The zero-order valence-electron chi connectivity index (χ0n) is 17.9. The molecule has 35 heavy (non-hydrogen) atoms. The number of aliphatic carboxylic acids is 1. The van der Waals surface area contributed by atoms with E-state index in [9.17, 15) is 24.6 Å². The molecule has 1 aromatic heterocycles. The summed E-state index contributed by atoms with van der Waals surface area (Å²) in [7, 11) is 0. The van der Waals surface area contributed by atoms with Gasteiger partial charge in [0.2, 0.25) is 0 Å². The zero-order chi connectivity index (χ0) is 24.9. The van der Waals surface area contributed by atoms with E-state index in [2.05, 4.69) is 25.6 Å². The van der Waals surface area contributed by atoms with Gasteiger partial charge in [-0.3, -0.25) is 9.59 Å². The van der Waals surface area contributed by atoms with E-state index >= 15 is 0 Å². The molecule has 0 unspecified atom stereocenters. The second-order valence-corrected chi connectivity index (χ2v) is 7.78. The van der Waals surface area contributed by atoms with E-state index in [1.807, 2.05) is 0 Å². The number of halogens is 1. The smallest absolute Gasteiger partial charge is 0.352 e. The van der Waals surface area contributed by atoms with Gasteiger partial charge in [0.1, 0.15) is 22.5 Å². The van der Waals surface area contributed by atoms with Crippen molar-refractivity contribution in [3.05, 3.63) is 93.6 Å². The summed E-state index contributed by atoms with van der Waals surface area (Å²) in [5.41, 5.74) is 1.88. The summed E-state index contributed by atoms with van der Waals surface area (Å²) in [5, 5.41) is 31.4. The number of carbonyl (C=O) groups is 3. The highest BCUT2D eigenvalue weighted by atomic mass is 35.5. The molecule has 0 aliphatic rings. The third-order valence-electron chi connectivity index (χ3n) is 4.91. The standard InChI is InChI=1S/C24H17ClN4O6/c25-18-11-15(22(31)26-12-14-2-1-3-16(30)8-14)5-6-17(18)23(32)27-21(24(33)34)10-13-4-7-19-20(9-13)29-35-28-19/h1-11,30H,12H2,(H,26,31)(H,27,32)(H,33,34). The minimum absolute atomic E-state index is 0.0144. The predicted molar refractivity (Wildman–Crippen MR) is 126 cm³/mol. The number of rotatable bonds is 7. The van der Waals surface area contributed by atoms with Crippen molar-refractivity contribution in [2.45, 2.75) is 6.54 Å². The van der Waals surface area contributed by atoms with Crippen molar-refractivity contribution in [2.75, 3.05) is 0 Å². The van der Waals surface area contributed by atoms with Crippen molar-refractivity contribution in [1.29, 1.82) is 0 Å². The van der Waals surface area contributed by atoms with Gasteiger partial charge >= 0.3 is 5.97 Å². The summed E-state index contributed by atoms with van der Waals surface area (Å²) >= 11 is 6.22. The predicted octanol–water partition coefficient (Wildman–Crippen LogP) is 3.37. The number of benzene rings is 3. The number of carbonyl (C=O) groups excluding carboxylic acids is 2. The van der Waals surface area contributed by atoms with Crippen molar-refractivity contribution in [3.63, 3.8) is 0 Å². The highest BCUT2D eigenvalue weighted by Crippen LogP contribution is 2.20. The van der Waals surface area contributed by atoms with Crippen LogP contribution in [-0.4, -0.2) is 38.3 Å². The molecule has 2 amide bonds. The Morgan fingerprint density at radius 3 is 2.51 bits per heavy atom. The lowest BCUT2D eigenvalue weighted by atomic mass is 10.1. The first-order chi connectivity index (χ1) is 16.8. The van der Waals surface area contributed by atoms with Crippen LogP contribution < -0.4 is 10.6 Å². The van der Waals surface area contributed by atoms with E-state index in [4.69, 9.17) is 11.6 Å². The van der Waals surface area contributed by atoms with Crippen LogP contribution in [0.4, 0.5) is 0 Å². The number of aromatic nitrogens is 2. The van der Waals surface area contributed by atoms with Crippen LogP contribution in [0, 0.1) is 0 Å². The average Bonchev–Trinajstić information content (AvgIpc) is 3.30. The topological polar surface area (TPSA) is 155 Å². The van der Waals surface area contributed by atoms with Gasteiger partial charge in [0, 0.05) is 12.1 Å². The number of aromatic hydroxyl groups is 1. The first-order valence-corrected chi connectivity index (χ1v) is 10.5.